The average Bonchev–Trinajstić information content (AvgIpc) is 2.61. The topological polar surface area (TPSA) is 67.4 Å². The highest BCUT2D eigenvalue weighted by atomic mass is 79.9. The normalized spacial score (nSPS) is 10.5. The minimum atomic E-state index is -0.230. The lowest BCUT2D eigenvalue weighted by Crippen LogP contribution is -2.22. The number of carbonyl (C=O) groups is 2. The molecule has 2 N–H and O–H groups in total. The zero-order chi connectivity index (χ0) is 19.1. The lowest BCUT2D eigenvalue weighted by molar-refractivity contribution is 0.0955. The van der Waals surface area contributed by atoms with Gasteiger partial charge in [-0.3, -0.25) is 9.59 Å². The van der Waals surface area contributed by atoms with Gasteiger partial charge in [0.15, 0.2) is 0 Å². The second-order valence-corrected chi connectivity index (χ2v) is 7.10. The molecular formula is C20H23BrN2O3. The van der Waals surface area contributed by atoms with E-state index < -0.39 is 0 Å². The molecule has 0 spiro atoms. The smallest absolute Gasteiger partial charge is 0.255 e. The Balaban J connectivity index is 2.03. The molecule has 0 bridgehead atoms. The summed E-state index contributed by atoms with van der Waals surface area (Å²) in [6, 6.07) is 12.0. The lowest BCUT2D eigenvalue weighted by atomic mass is 10.1. The first-order valence-electron chi connectivity index (χ1n) is 8.52. The van der Waals surface area contributed by atoms with Gasteiger partial charge in [0.25, 0.3) is 11.8 Å². The summed E-state index contributed by atoms with van der Waals surface area (Å²) in [6.45, 7) is 7.20. The lowest BCUT2D eigenvalue weighted by Gasteiger charge is -2.12. The summed E-state index contributed by atoms with van der Waals surface area (Å²) in [4.78, 5) is 24.2. The first-order chi connectivity index (χ1) is 12.4. The molecule has 0 saturated carbocycles. The van der Waals surface area contributed by atoms with Gasteiger partial charge >= 0.3 is 0 Å². The molecule has 0 aliphatic heterocycles. The minimum Gasteiger partial charge on any atom is -0.492 e. The number of rotatable bonds is 7. The summed E-state index contributed by atoms with van der Waals surface area (Å²) in [5.41, 5.74) is 1.69. The summed E-state index contributed by atoms with van der Waals surface area (Å²) < 4.78 is 6.42. The van der Waals surface area contributed by atoms with E-state index in [1.807, 2.05) is 6.92 Å². The second kappa shape index (κ2) is 9.38. The number of benzene rings is 2. The van der Waals surface area contributed by atoms with Gasteiger partial charge in [0.2, 0.25) is 0 Å². The highest BCUT2D eigenvalue weighted by molar-refractivity contribution is 9.10. The molecule has 0 radical (unpaired) electrons. The van der Waals surface area contributed by atoms with Gasteiger partial charge in [0.1, 0.15) is 5.75 Å². The quantitative estimate of drug-likeness (QED) is 0.695. The van der Waals surface area contributed by atoms with E-state index in [4.69, 9.17) is 4.74 Å². The van der Waals surface area contributed by atoms with Crippen molar-refractivity contribution in [1.29, 1.82) is 0 Å². The van der Waals surface area contributed by atoms with Crippen LogP contribution in [-0.4, -0.2) is 25.0 Å². The molecule has 0 atom stereocenters. The van der Waals surface area contributed by atoms with E-state index in [1.165, 1.54) is 0 Å². The molecule has 0 aliphatic carbocycles. The summed E-state index contributed by atoms with van der Waals surface area (Å²) in [5.74, 6) is 0.770. The number of halogens is 1. The Morgan fingerprint density at radius 2 is 1.69 bits per heavy atom. The number of anilines is 1. The molecule has 0 unspecified atom stereocenters. The van der Waals surface area contributed by atoms with Gasteiger partial charge in [-0.1, -0.05) is 13.8 Å². The van der Waals surface area contributed by atoms with Crippen molar-refractivity contribution >= 4 is 33.4 Å². The van der Waals surface area contributed by atoms with Crippen LogP contribution in [0, 0.1) is 5.92 Å². The van der Waals surface area contributed by atoms with E-state index in [0.717, 1.165) is 4.47 Å². The molecule has 0 aliphatic rings. The summed E-state index contributed by atoms with van der Waals surface area (Å²) in [6.07, 6.45) is 0. The largest absolute Gasteiger partial charge is 0.492 e. The van der Waals surface area contributed by atoms with Crippen LogP contribution >= 0.6 is 15.9 Å². The molecule has 2 rings (SSSR count). The molecular weight excluding hydrogens is 396 g/mol. The molecule has 138 valence electrons. The van der Waals surface area contributed by atoms with Crippen molar-refractivity contribution in [2.24, 2.45) is 5.92 Å². The van der Waals surface area contributed by atoms with Gasteiger partial charge < -0.3 is 15.4 Å². The summed E-state index contributed by atoms with van der Waals surface area (Å²) in [7, 11) is 0. The van der Waals surface area contributed by atoms with E-state index in [9.17, 15) is 9.59 Å². The standard InChI is InChI=1S/C20H23BrN2O3/c1-4-22-19(24)14-5-8-16(9-6-14)23-20(25)15-7-10-18(17(21)11-15)26-12-13(2)3/h5-11,13H,4,12H2,1-3H3,(H,22,24)(H,23,25). The van der Waals surface area contributed by atoms with Crippen LogP contribution in [0.5, 0.6) is 5.75 Å². The Morgan fingerprint density at radius 1 is 1.04 bits per heavy atom. The molecule has 2 aromatic rings. The highest BCUT2D eigenvalue weighted by Crippen LogP contribution is 2.27. The fourth-order valence-electron chi connectivity index (χ4n) is 2.19. The van der Waals surface area contributed by atoms with Gasteiger partial charge in [-0.25, -0.2) is 0 Å². The third-order valence-electron chi connectivity index (χ3n) is 3.51. The monoisotopic (exact) mass is 418 g/mol. The van der Waals surface area contributed by atoms with Crippen LogP contribution in [0.3, 0.4) is 0 Å². The molecule has 26 heavy (non-hydrogen) atoms. The van der Waals surface area contributed by atoms with Gasteiger partial charge in [0.05, 0.1) is 11.1 Å². The third kappa shape index (κ3) is 5.59. The number of nitrogens with one attached hydrogen (secondary N) is 2. The number of hydrogen-bond donors (Lipinski definition) is 2. The predicted octanol–water partition coefficient (Wildman–Crippen LogP) is 4.49. The van der Waals surface area contributed by atoms with Crippen LogP contribution in [0.4, 0.5) is 5.69 Å². The number of ether oxygens (including phenoxy) is 1. The van der Waals surface area contributed by atoms with Crippen molar-refractivity contribution in [2.45, 2.75) is 20.8 Å². The van der Waals surface area contributed by atoms with E-state index in [2.05, 4.69) is 40.4 Å². The van der Waals surface area contributed by atoms with Crippen LogP contribution in [0.1, 0.15) is 41.5 Å². The van der Waals surface area contributed by atoms with Gasteiger partial charge in [-0.15, -0.1) is 0 Å². The number of carbonyl (C=O) groups excluding carboxylic acids is 2. The van der Waals surface area contributed by atoms with Crippen molar-refractivity contribution in [1.82, 2.24) is 5.32 Å². The van der Waals surface area contributed by atoms with Crippen molar-refractivity contribution in [2.75, 3.05) is 18.5 Å². The molecule has 0 saturated heterocycles. The maximum atomic E-state index is 12.4. The maximum absolute atomic E-state index is 12.4. The zero-order valence-corrected chi connectivity index (χ0v) is 16.7. The van der Waals surface area contributed by atoms with Crippen LogP contribution in [-0.2, 0) is 0 Å². The first kappa shape index (κ1) is 20.0. The first-order valence-corrected chi connectivity index (χ1v) is 9.32. The van der Waals surface area contributed by atoms with Crippen LogP contribution in [0.2, 0.25) is 0 Å². The molecule has 6 heteroatoms. The highest BCUT2D eigenvalue weighted by Gasteiger charge is 2.11. The van der Waals surface area contributed by atoms with Crippen LogP contribution in [0.15, 0.2) is 46.9 Å². The third-order valence-corrected chi connectivity index (χ3v) is 4.13. The summed E-state index contributed by atoms with van der Waals surface area (Å²) >= 11 is 3.44. The minimum absolute atomic E-state index is 0.133. The summed E-state index contributed by atoms with van der Waals surface area (Å²) in [5, 5.41) is 5.55. The molecule has 0 heterocycles. The molecule has 5 nitrogen and oxygen atoms in total. The van der Waals surface area contributed by atoms with E-state index in [0.29, 0.717) is 41.6 Å². The fraction of sp³-hybridized carbons (Fsp3) is 0.300. The fourth-order valence-corrected chi connectivity index (χ4v) is 2.68. The van der Waals surface area contributed by atoms with Crippen molar-refractivity contribution in [3.05, 3.63) is 58.1 Å². The molecule has 2 aromatic carbocycles. The number of hydrogen-bond acceptors (Lipinski definition) is 3. The van der Waals surface area contributed by atoms with Crippen molar-refractivity contribution in [3.8, 4) is 5.75 Å². The Labute approximate surface area is 162 Å². The molecule has 0 fully saturated rings. The second-order valence-electron chi connectivity index (χ2n) is 6.24. The van der Waals surface area contributed by atoms with Crippen molar-refractivity contribution in [3.63, 3.8) is 0 Å². The molecule has 2 amide bonds. The van der Waals surface area contributed by atoms with E-state index in [1.54, 1.807) is 42.5 Å². The SMILES string of the molecule is CCNC(=O)c1ccc(NC(=O)c2ccc(OCC(C)C)c(Br)c2)cc1. The van der Waals surface area contributed by atoms with Gasteiger partial charge in [0, 0.05) is 23.4 Å². The average molecular weight is 419 g/mol. The van der Waals surface area contributed by atoms with Crippen LogP contribution in [0.25, 0.3) is 0 Å². The van der Waals surface area contributed by atoms with Gasteiger partial charge in [-0.2, -0.15) is 0 Å². The number of amides is 2. The van der Waals surface area contributed by atoms with Gasteiger partial charge in [-0.05, 0) is 71.2 Å². The Bertz CT molecular complexity index is 773. The Hall–Kier alpha value is -2.34. The Morgan fingerprint density at radius 3 is 2.27 bits per heavy atom. The predicted molar refractivity (Wildman–Crippen MR) is 107 cm³/mol. The maximum Gasteiger partial charge on any atom is 0.255 e. The van der Waals surface area contributed by atoms with Crippen molar-refractivity contribution < 1.29 is 14.3 Å². The van der Waals surface area contributed by atoms with Crippen LogP contribution < -0.4 is 15.4 Å². The van der Waals surface area contributed by atoms with E-state index in [-0.39, 0.29) is 11.8 Å². The molecule has 0 aromatic heterocycles. The zero-order valence-electron chi connectivity index (χ0n) is 15.1. The Kier molecular flexibility index (Phi) is 7.21. The van der Waals surface area contributed by atoms with E-state index >= 15 is 0 Å².